The molecule has 1 saturated heterocycles. The number of anilines is 1. The highest BCUT2D eigenvalue weighted by molar-refractivity contribution is 6.22. The van der Waals surface area contributed by atoms with Gasteiger partial charge in [0, 0.05) is 24.3 Å². The molecule has 13 heavy (non-hydrogen) atoms. The summed E-state index contributed by atoms with van der Waals surface area (Å²) in [6.45, 7) is 1.68. The van der Waals surface area contributed by atoms with E-state index in [-0.39, 0.29) is 5.38 Å². The summed E-state index contributed by atoms with van der Waals surface area (Å²) in [5.74, 6) is 0. The van der Waals surface area contributed by atoms with Gasteiger partial charge >= 0.3 is 0 Å². The third kappa shape index (κ3) is 1.54. The van der Waals surface area contributed by atoms with Crippen molar-refractivity contribution in [2.45, 2.75) is 5.38 Å². The minimum Gasteiger partial charge on any atom is -0.368 e. The van der Waals surface area contributed by atoms with Crippen LogP contribution in [0.1, 0.15) is 10.4 Å². The van der Waals surface area contributed by atoms with Crippen molar-refractivity contribution < 1.29 is 4.79 Å². The molecule has 2 rings (SSSR count). The van der Waals surface area contributed by atoms with Gasteiger partial charge in [-0.2, -0.15) is 0 Å². The minimum absolute atomic E-state index is 0.236. The van der Waals surface area contributed by atoms with Crippen LogP contribution in [0.3, 0.4) is 0 Å². The largest absolute Gasteiger partial charge is 0.368 e. The van der Waals surface area contributed by atoms with Crippen molar-refractivity contribution in [3.63, 3.8) is 0 Å². The van der Waals surface area contributed by atoms with Crippen LogP contribution < -0.4 is 4.90 Å². The lowest BCUT2D eigenvalue weighted by Gasteiger charge is -2.38. The van der Waals surface area contributed by atoms with Gasteiger partial charge in [0.15, 0.2) is 6.29 Å². The lowest BCUT2D eigenvalue weighted by molar-refractivity contribution is 0.112. The van der Waals surface area contributed by atoms with Gasteiger partial charge in [-0.1, -0.05) is 12.1 Å². The van der Waals surface area contributed by atoms with Gasteiger partial charge in [-0.05, 0) is 12.1 Å². The number of benzene rings is 1. The molecule has 1 heterocycles. The number of para-hydroxylation sites is 1. The van der Waals surface area contributed by atoms with Crippen molar-refractivity contribution in [3.05, 3.63) is 29.8 Å². The number of hydrogen-bond donors (Lipinski definition) is 0. The van der Waals surface area contributed by atoms with Crippen LogP contribution in [0.5, 0.6) is 0 Å². The fraction of sp³-hybridized carbons (Fsp3) is 0.300. The topological polar surface area (TPSA) is 20.3 Å². The number of hydrogen-bond acceptors (Lipinski definition) is 2. The van der Waals surface area contributed by atoms with Gasteiger partial charge in [0.1, 0.15) is 0 Å². The Labute approximate surface area is 82.1 Å². The third-order valence-electron chi connectivity index (χ3n) is 2.24. The Morgan fingerprint density at radius 1 is 1.38 bits per heavy atom. The number of rotatable bonds is 2. The van der Waals surface area contributed by atoms with Crippen LogP contribution in [0.4, 0.5) is 5.69 Å². The van der Waals surface area contributed by atoms with Crippen molar-refractivity contribution in [1.29, 1.82) is 0 Å². The summed E-state index contributed by atoms with van der Waals surface area (Å²) in [7, 11) is 0. The average Bonchev–Trinajstić information content (AvgIpc) is 2.13. The molecule has 0 amide bonds. The van der Waals surface area contributed by atoms with Crippen LogP contribution in [-0.2, 0) is 0 Å². The number of halogens is 1. The molecular formula is C10H10ClNO. The summed E-state index contributed by atoms with van der Waals surface area (Å²) in [5.41, 5.74) is 1.74. The average molecular weight is 196 g/mol. The van der Waals surface area contributed by atoms with E-state index in [1.165, 1.54) is 0 Å². The molecule has 2 nitrogen and oxygen atoms in total. The molecule has 0 unspecified atom stereocenters. The highest BCUT2D eigenvalue weighted by Gasteiger charge is 2.25. The maximum absolute atomic E-state index is 10.7. The number of aldehydes is 1. The molecule has 1 aromatic rings. The van der Waals surface area contributed by atoms with Crippen molar-refractivity contribution in [3.8, 4) is 0 Å². The highest BCUT2D eigenvalue weighted by atomic mass is 35.5. The molecular weight excluding hydrogens is 186 g/mol. The molecule has 0 radical (unpaired) electrons. The summed E-state index contributed by atoms with van der Waals surface area (Å²) < 4.78 is 0. The molecule has 0 saturated carbocycles. The van der Waals surface area contributed by atoms with Gasteiger partial charge in [-0.3, -0.25) is 4.79 Å². The quantitative estimate of drug-likeness (QED) is 0.531. The monoisotopic (exact) mass is 195 g/mol. The number of carbonyl (C=O) groups excluding carboxylic acids is 1. The minimum atomic E-state index is 0.236. The first-order chi connectivity index (χ1) is 6.31. The van der Waals surface area contributed by atoms with Gasteiger partial charge in [0.25, 0.3) is 0 Å². The zero-order valence-electron chi connectivity index (χ0n) is 7.11. The first kappa shape index (κ1) is 8.57. The maximum atomic E-state index is 10.7. The van der Waals surface area contributed by atoms with Gasteiger partial charge < -0.3 is 4.90 Å². The van der Waals surface area contributed by atoms with Gasteiger partial charge in [-0.25, -0.2) is 0 Å². The smallest absolute Gasteiger partial charge is 0.152 e. The van der Waals surface area contributed by atoms with Crippen molar-refractivity contribution >= 4 is 23.6 Å². The summed E-state index contributed by atoms with van der Waals surface area (Å²) in [6.07, 6.45) is 0.886. The van der Waals surface area contributed by atoms with Crippen LogP contribution in [0, 0.1) is 0 Å². The summed E-state index contributed by atoms with van der Waals surface area (Å²) >= 11 is 5.86. The fourth-order valence-corrected chi connectivity index (χ4v) is 1.83. The van der Waals surface area contributed by atoms with Gasteiger partial charge in [0.05, 0.1) is 5.38 Å². The SMILES string of the molecule is O=Cc1ccccc1N1CC(Cl)C1. The molecule has 68 valence electrons. The zero-order valence-corrected chi connectivity index (χ0v) is 7.87. The Bertz CT molecular complexity index is 320. The van der Waals surface area contributed by atoms with E-state index in [4.69, 9.17) is 11.6 Å². The van der Waals surface area contributed by atoms with Crippen molar-refractivity contribution in [2.24, 2.45) is 0 Å². The van der Waals surface area contributed by atoms with Crippen LogP contribution >= 0.6 is 11.6 Å². The van der Waals surface area contributed by atoms with E-state index in [2.05, 4.69) is 4.90 Å². The summed E-state index contributed by atoms with van der Waals surface area (Å²) in [6, 6.07) is 7.57. The molecule has 0 atom stereocenters. The van der Waals surface area contributed by atoms with Crippen LogP contribution in [-0.4, -0.2) is 24.8 Å². The molecule has 0 bridgehead atoms. The van der Waals surface area contributed by atoms with E-state index in [0.717, 1.165) is 30.6 Å². The lowest BCUT2D eigenvalue weighted by atomic mass is 10.1. The third-order valence-corrected chi connectivity index (χ3v) is 2.52. The van der Waals surface area contributed by atoms with E-state index in [1.807, 2.05) is 24.3 Å². The van der Waals surface area contributed by atoms with E-state index < -0.39 is 0 Å². The normalized spacial score (nSPS) is 16.8. The Hall–Kier alpha value is -1.02. The van der Waals surface area contributed by atoms with Crippen LogP contribution in [0.25, 0.3) is 0 Å². The molecule has 1 aliphatic heterocycles. The fourth-order valence-electron chi connectivity index (χ4n) is 1.50. The number of nitrogens with zero attached hydrogens (tertiary/aromatic N) is 1. The second-order valence-corrected chi connectivity index (χ2v) is 3.80. The molecule has 1 aliphatic rings. The second-order valence-electron chi connectivity index (χ2n) is 3.18. The van der Waals surface area contributed by atoms with E-state index in [1.54, 1.807) is 0 Å². The predicted octanol–water partition coefficient (Wildman–Crippen LogP) is 1.93. The molecule has 0 aromatic heterocycles. The molecule has 1 aromatic carbocycles. The summed E-state index contributed by atoms with van der Waals surface area (Å²) in [5, 5.41) is 0.236. The standard InChI is InChI=1S/C10H10ClNO/c11-9-5-12(6-9)10-4-2-1-3-8(10)7-13/h1-4,7,9H,5-6H2. The van der Waals surface area contributed by atoms with E-state index in [0.29, 0.717) is 0 Å². The highest BCUT2D eigenvalue weighted by Crippen LogP contribution is 2.25. The summed E-state index contributed by atoms with van der Waals surface area (Å²) in [4.78, 5) is 12.8. The van der Waals surface area contributed by atoms with Crippen molar-refractivity contribution in [2.75, 3.05) is 18.0 Å². The molecule has 0 aliphatic carbocycles. The zero-order chi connectivity index (χ0) is 9.26. The first-order valence-electron chi connectivity index (χ1n) is 4.24. The molecule has 3 heteroatoms. The Morgan fingerprint density at radius 2 is 2.08 bits per heavy atom. The first-order valence-corrected chi connectivity index (χ1v) is 4.68. The predicted molar refractivity (Wildman–Crippen MR) is 53.7 cm³/mol. The lowest BCUT2D eigenvalue weighted by Crippen LogP contribution is -2.48. The van der Waals surface area contributed by atoms with Crippen LogP contribution in [0.15, 0.2) is 24.3 Å². The Balaban J connectivity index is 2.24. The van der Waals surface area contributed by atoms with Crippen LogP contribution in [0.2, 0.25) is 0 Å². The van der Waals surface area contributed by atoms with Gasteiger partial charge in [-0.15, -0.1) is 11.6 Å². The Morgan fingerprint density at radius 3 is 2.69 bits per heavy atom. The van der Waals surface area contributed by atoms with Gasteiger partial charge in [0.2, 0.25) is 0 Å². The van der Waals surface area contributed by atoms with E-state index >= 15 is 0 Å². The van der Waals surface area contributed by atoms with Crippen molar-refractivity contribution in [1.82, 2.24) is 0 Å². The second kappa shape index (κ2) is 3.38. The number of alkyl halides is 1. The molecule has 0 spiro atoms. The molecule has 0 N–H and O–H groups in total. The van der Waals surface area contributed by atoms with E-state index in [9.17, 15) is 4.79 Å². The maximum Gasteiger partial charge on any atom is 0.152 e. The number of carbonyl (C=O) groups is 1. The Kier molecular flexibility index (Phi) is 2.23. The molecule has 1 fully saturated rings.